The van der Waals surface area contributed by atoms with Crippen molar-refractivity contribution < 1.29 is 0 Å². The standard InChI is InChI=1S/C14H23N5/c1-18(9-12(16)8-15)6-5-11-3-4-14-13(7-11)17-10-19(14)2/h3-4,7,10,12H,5-6,8-9,15-16H2,1-2H3. The van der Waals surface area contributed by atoms with Crippen LogP contribution in [0, 0.1) is 0 Å². The van der Waals surface area contributed by atoms with Gasteiger partial charge in [-0.15, -0.1) is 0 Å². The van der Waals surface area contributed by atoms with Crippen molar-refractivity contribution >= 4 is 11.0 Å². The number of imidazole rings is 1. The molecule has 0 saturated heterocycles. The highest BCUT2D eigenvalue weighted by molar-refractivity contribution is 5.75. The van der Waals surface area contributed by atoms with Gasteiger partial charge in [-0.1, -0.05) is 6.07 Å². The Bertz CT molecular complexity index is 534. The Balaban J connectivity index is 1.94. The van der Waals surface area contributed by atoms with Gasteiger partial charge < -0.3 is 20.9 Å². The molecule has 0 aliphatic rings. The third-order valence-electron chi connectivity index (χ3n) is 3.42. The molecule has 5 heteroatoms. The van der Waals surface area contributed by atoms with Crippen LogP contribution >= 0.6 is 0 Å². The number of fused-ring (bicyclic) bond motifs is 1. The maximum Gasteiger partial charge on any atom is 0.0955 e. The van der Waals surface area contributed by atoms with Crippen LogP contribution in [0.3, 0.4) is 0 Å². The van der Waals surface area contributed by atoms with Gasteiger partial charge in [0.05, 0.1) is 17.4 Å². The first kappa shape index (κ1) is 14.0. The van der Waals surface area contributed by atoms with Crippen LogP contribution in [-0.2, 0) is 13.5 Å². The van der Waals surface area contributed by atoms with Crippen molar-refractivity contribution in [2.45, 2.75) is 12.5 Å². The van der Waals surface area contributed by atoms with Gasteiger partial charge >= 0.3 is 0 Å². The predicted octanol–water partition coefficient (Wildman–Crippen LogP) is 0.334. The first-order valence-electron chi connectivity index (χ1n) is 6.64. The molecule has 0 spiro atoms. The lowest BCUT2D eigenvalue weighted by molar-refractivity contribution is 0.316. The van der Waals surface area contributed by atoms with E-state index >= 15 is 0 Å². The molecule has 1 unspecified atom stereocenters. The molecule has 1 heterocycles. The molecule has 0 aliphatic carbocycles. The molecule has 2 aromatic rings. The van der Waals surface area contributed by atoms with E-state index < -0.39 is 0 Å². The largest absolute Gasteiger partial charge is 0.334 e. The first-order valence-corrected chi connectivity index (χ1v) is 6.64. The summed E-state index contributed by atoms with van der Waals surface area (Å²) >= 11 is 0. The number of aromatic nitrogens is 2. The number of nitrogens with two attached hydrogens (primary N) is 2. The fourth-order valence-corrected chi connectivity index (χ4v) is 2.22. The van der Waals surface area contributed by atoms with E-state index in [1.807, 2.05) is 17.9 Å². The number of aryl methyl sites for hydroxylation is 1. The Morgan fingerprint density at radius 3 is 2.95 bits per heavy atom. The van der Waals surface area contributed by atoms with Crippen molar-refractivity contribution in [3.05, 3.63) is 30.1 Å². The molecule has 0 aliphatic heterocycles. The molecule has 5 nitrogen and oxygen atoms in total. The minimum Gasteiger partial charge on any atom is -0.334 e. The summed E-state index contributed by atoms with van der Waals surface area (Å²) in [5, 5.41) is 0. The molecule has 2 rings (SSSR count). The fraction of sp³-hybridized carbons (Fsp3) is 0.500. The Morgan fingerprint density at radius 2 is 2.21 bits per heavy atom. The van der Waals surface area contributed by atoms with E-state index in [2.05, 4.69) is 35.1 Å². The van der Waals surface area contributed by atoms with Gasteiger partial charge in [-0.05, 0) is 31.2 Å². The van der Waals surface area contributed by atoms with Crippen LogP contribution in [0.1, 0.15) is 5.56 Å². The molecular weight excluding hydrogens is 238 g/mol. The monoisotopic (exact) mass is 261 g/mol. The van der Waals surface area contributed by atoms with E-state index in [-0.39, 0.29) is 6.04 Å². The topological polar surface area (TPSA) is 73.1 Å². The van der Waals surface area contributed by atoms with Crippen LogP contribution in [0.5, 0.6) is 0 Å². The van der Waals surface area contributed by atoms with Gasteiger partial charge in [0.15, 0.2) is 0 Å². The fourth-order valence-electron chi connectivity index (χ4n) is 2.22. The van der Waals surface area contributed by atoms with Gasteiger partial charge in [-0.25, -0.2) is 4.98 Å². The van der Waals surface area contributed by atoms with Crippen molar-refractivity contribution in [3.63, 3.8) is 0 Å². The molecule has 4 N–H and O–H groups in total. The van der Waals surface area contributed by atoms with Crippen LogP contribution in [0.25, 0.3) is 11.0 Å². The smallest absolute Gasteiger partial charge is 0.0955 e. The number of hydrogen-bond acceptors (Lipinski definition) is 4. The Morgan fingerprint density at radius 1 is 1.42 bits per heavy atom. The summed E-state index contributed by atoms with van der Waals surface area (Å²) in [5.41, 5.74) is 14.9. The lowest BCUT2D eigenvalue weighted by Crippen LogP contribution is -2.41. The molecule has 104 valence electrons. The number of benzene rings is 1. The molecule has 1 aromatic carbocycles. The second kappa shape index (κ2) is 6.14. The summed E-state index contributed by atoms with van der Waals surface area (Å²) in [6.45, 7) is 2.35. The highest BCUT2D eigenvalue weighted by Crippen LogP contribution is 2.14. The van der Waals surface area contributed by atoms with Crippen LogP contribution in [0.4, 0.5) is 0 Å². The number of rotatable bonds is 6. The molecule has 0 fully saturated rings. The van der Waals surface area contributed by atoms with Crippen molar-refractivity contribution in [3.8, 4) is 0 Å². The maximum absolute atomic E-state index is 5.84. The number of hydrogen-bond donors (Lipinski definition) is 2. The highest BCUT2D eigenvalue weighted by Gasteiger charge is 2.06. The van der Waals surface area contributed by atoms with Gasteiger partial charge in [0.25, 0.3) is 0 Å². The summed E-state index contributed by atoms with van der Waals surface area (Å²) in [7, 11) is 4.09. The summed E-state index contributed by atoms with van der Waals surface area (Å²) in [4.78, 5) is 6.60. The molecule has 0 amide bonds. The van der Waals surface area contributed by atoms with E-state index in [4.69, 9.17) is 11.5 Å². The van der Waals surface area contributed by atoms with Crippen LogP contribution < -0.4 is 11.5 Å². The minimum atomic E-state index is 0.0586. The first-order chi connectivity index (χ1) is 9.10. The third kappa shape index (κ3) is 3.53. The van der Waals surface area contributed by atoms with E-state index in [1.54, 1.807) is 0 Å². The van der Waals surface area contributed by atoms with Gasteiger partial charge in [-0.2, -0.15) is 0 Å². The van der Waals surface area contributed by atoms with Crippen molar-refractivity contribution in [1.29, 1.82) is 0 Å². The quantitative estimate of drug-likeness (QED) is 0.786. The zero-order valence-electron chi connectivity index (χ0n) is 11.7. The van der Waals surface area contributed by atoms with Gasteiger partial charge in [0.2, 0.25) is 0 Å². The highest BCUT2D eigenvalue weighted by atomic mass is 15.1. The molecule has 0 radical (unpaired) electrons. The zero-order chi connectivity index (χ0) is 13.8. The third-order valence-corrected chi connectivity index (χ3v) is 3.42. The second-order valence-electron chi connectivity index (χ2n) is 5.19. The molecule has 0 saturated carbocycles. The number of nitrogens with zero attached hydrogens (tertiary/aromatic N) is 3. The summed E-state index contributed by atoms with van der Waals surface area (Å²) < 4.78 is 2.03. The Hall–Kier alpha value is -1.43. The van der Waals surface area contributed by atoms with Crippen molar-refractivity contribution in [2.24, 2.45) is 18.5 Å². The Labute approximate surface area is 114 Å². The molecule has 1 aromatic heterocycles. The number of likely N-dealkylation sites (N-methyl/N-ethyl adjacent to an activating group) is 1. The molecule has 0 bridgehead atoms. The Kier molecular flexibility index (Phi) is 4.52. The van der Waals surface area contributed by atoms with Gasteiger partial charge in [0, 0.05) is 32.7 Å². The van der Waals surface area contributed by atoms with Crippen molar-refractivity contribution in [1.82, 2.24) is 14.5 Å². The average Bonchev–Trinajstić information content (AvgIpc) is 2.77. The summed E-state index contributed by atoms with van der Waals surface area (Å²) in [6.07, 6.45) is 2.85. The average molecular weight is 261 g/mol. The molecule has 19 heavy (non-hydrogen) atoms. The summed E-state index contributed by atoms with van der Waals surface area (Å²) in [5.74, 6) is 0. The predicted molar refractivity (Wildman–Crippen MR) is 78.9 cm³/mol. The maximum atomic E-state index is 5.84. The lowest BCUT2D eigenvalue weighted by atomic mass is 10.1. The van der Waals surface area contributed by atoms with Crippen LogP contribution in [0.2, 0.25) is 0 Å². The van der Waals surface area contributed by atoms with E-state index in [9.17, 15) is 0 Å². The van der Waals surface area contributed by atoms with E-state index in [0.717, 1.165) is 25.0 Å². The SMILES string of the molecule is CN(CCc1ccc2c(c1)ncn2C)CC(N)CN. The molecule has 1 atom stereocenters. The van der Waals surface area contributed by atoms with Gasteiger partial charge in [-0.3, -0.25) is 0 Å². The minimum absolute atomic E-state index is 0.0586. The van der Waals surface area contributed by atoms with Crippen LogP contribution in [-0.4, -0.2) is 47.2 Å². The van der Waals surface area contributed by atoms with E-state index in [0.29, 0.717) is 6.54 Å². The normalized spacial score (nSPS) is 13.3. The van der Waals surface area contributed by atoms with E-state index in [1.165, 1.54) is 11.1 Å². The lowest BCUT2D eigenvalue weighted by Gasteiger charge is -2.20. The second-order valence-corrected chi connectivity index (χ2v) is 5.19. The van der Waals surface area contributed by atoms with Crippen LogP contribution in [0.15, 0.2) is 24.5 Å². The zero-order valence-corrected chi connectivity index (χ0v) is 11.7. The van der Waals surface area contributed by atoms with Crippen molar-refractivity contribution in [2.75, 3.05) is 26.7 Å². The molecular formula is C14H23N5. The van der Waals surface area contributed by atoms with Gasteiger partial charge in [0.1, 0.15) is 0 Å². The summed E-state index contributed by atoms with van der Waals surface area (Å²) in [6, 6.07) is 6.51.